The Morgan fingerprint density at radius 1 is 1.67 bits per heavy atom. The summed E-state index contributed by atoms with van der Waals surface area (Å²) in [5.74, 6) is 0.194. The van der Waals surface area contributed by atoms with Gasteiger partial charge in [0, 0.05) is 6.20 Å². The van der Waals surface area contributed by atoms with E-state index in [0.717, 1.165) is 12.0 Å². The lowest BCUT2D eigenvalue weighted by Crippen LogP contribution is -2.07. The van der Waals surface area contributed by atoms with E-state index in [2.05, 4.69) is 4.98 Å². The molecule has 1 aromatic heterocycles. The topological polar surface area (TPSA) is 39.2 Å². The molecule has 2 atom stereocenters. The summed E-state index contributed by atoms with van der Waals surface area (Å²) in [6.07, 6.45) is 2.59. The first-order chi connectivity index (χ1) is 7.22. The third kappa shape index (κ3) is 2.29. The van der Waals surface area contributed by atoms with Crippen molar-refractivity contribution in [1.82, 2.24) is 4.98 Å². The van der Waals surface area contributed by atoms with Gasteiger partial charge in [0.25, 0.3) is 0 Å². The SMILES string of the molecule is CCOC(=O)[C@H]1C[C@@H]1c1ccc(Cl)nc1. The van der Waals surface area contributed by atoms with Crippen LogP contribution in [0.15, 0.2) is 18.3 Å². The number of carbonyl (C=O) groups is 1. The molecule has 0 saturated heterocycles. The minimum atomic E-state index is -0.0996. The van der Waals surface area contributed by atoms with Crippen molar-refractivity contribution in [2.75, 3.05) is 6.61 Å². The standard InChI is InChI=1S/C11H12ClNO2/c1-2-15-11(14)9-5-8(9)7-3-4-10(12)13-6-7/h3-4,6,8-9H,2,5H2,1H3/t8-,9+/m1/s1. The van der Waals surface area contributed by atoms with Crippen LogP contribution in [-0.2, 0) is 9.53 Å². The van der Waals surface area contributed by atoms with Crippen molar-refractivity contribution in [3.05, 3.63) is 29.0 Å². The van der Waals surface area contributed by atoms with Crippen LogP contribution in [0.25, 0.3) is 0 Å². The third-order valence-corrected chi connectivity index (χ3v) is 2.78. The van der Waals surface area contributed by atoms with Crippen LogP contribution in [0.1, 0.15) is 24.8 Å². The molecule has 0 bridgehead atoms. The minimum absolute atomic E-state index is 0.0212. The Morgan fingerprint density at radius 3 is 3.07 bits per heavy atom. The van der Waals surface area contributed by atoms with Crippen molar-refractivity contribution in [3.8, 4) is 0 Å². The fourth-order valence-electron chi connectivity index (χ4n) is 1.68. The van der Waals surface area contributed by atoms with Crippen LogP contribution < -0.4 is 0 Å². The summed E-state index contributed by atoms with van der Waals surface area (Å²) in [6, 6.07) is 3.66. The molecule has 1 aliphatic rings. The van der Waals surface area contributed by atoms with Crippen LogP contribution in [0.5, 0.6) is 0 Å². The lowest BCUT2D eigenvalue weighted by atomic mass is 10.1. The van der Waals surface area contributed by atoms with Gasteiger partial charge in [-0.1, -0.05) is 17.7 Å². The summed E-state index contributed by atoms with van der Waals surface area (Å²) in [6.45, 7) is 2.26. The van der Waals surface area contributed by atoms with Crippen LogP contribution in [0, 0.1) is 5.92 Å². The molecule has 80 valence electrons. The van der Waals surface area contributed by atoms with E-state index in [1.165, 1.54) is 0 Å². The largest absolute Gasteiger partial charge is 0.466 e. The number of rotatable bonds is 3. The first-order valence-corrected chi connectivity index (χ1v) is 5.38. The number of nitrogens with zero attached hydrogens (tertiary/aromatic N) is 1. The molecular formula is C11H12ClNO2. The zero-order valence-electron chi connectivity index (χ0n) is 8.44. The van der Waals surface area contributed by atoms with E-state index in [4.69, 9.17) is 16.3 Å². The second-order valence-electron chi connectivity index (χ2n) is 3.61. The van der Waals surface area contributed by atoms with Crippen LogP contribution in [0.3, 0.4) is 0 Å². The van der Waals surface area contributed by atoms with Crippen molar-refractivity contribution in [3.63, 3.8) is 0 Å². The summed E-state index contributed by atoms with van der Waals surface area (Å²) in [5.41, 5.74) is 1.07. The summed E-state index contributed by atoms with van der Waals surface area (Å²) in [7, 11) is 0. The van der Waals surface area contributed by atoms with Crippen LogP contribution in [0.4, 0.5) is 0 Å². The van der Waals surface area contributed by atoms with Gasteiger partial charge in [-0.25, -0.2) is 4.98 Å². The molecule has 0 radical (unpaired) electrons. The summed E-state index contributed by atoms with van der Waals surface area (Å²) >= 11 is 5.68. The van der Waals surface area contributed by atoms with Gasteiger partial charge < -0.3 is 4.74 Å². The van der Waals surface area contributed by atoms with E-state index in [9.17, 15) is 4.79 Å². The molecule has 1 saturated carbocycles. The summed E-state index contributed by atoms with van der Waals surface area (Å²) in [5, 5.41) is 0.479. The fourth-order valence-corrected chi connectivity index (χ4v) is 1.79. The highest BCUT2D eigenvalue weighted by molar-refractivity contribution is 6.29. The van der Waals surface area contributed by atoms with E-state index in [-0.39, 0.29) is 17.8 Å². The quantitative estimate of drug-likeness (QED) is 0.586. The zero-order valence-corrected chi connectivity index (χ0v) is 9.20. The van der Waals surface area contributed by atoms with Gasteiger partial charge >= 0.3 is 5.97 Å². The van der Waals surface area contributed by atoms with Gasteiger partial charge in [-0.2, -0.15) is 0 Å². The highest BCUT2D eigenvalue weighted by atomic mass is 35.5. The number of hydrogen-bond donors (Lipinski definition) is 0. The molecular weight excluding hydrogens is 214 g/mol. The average molecular weight is 226 g/mol. The van der Waals surface area contributed by atoms with Gasteiger partial charge in [-0.15, -0.1) is 0 Å². The molecule has 15 heavy (non-hydrogen) atoms. The van der Waals surface area contributed by atoms with Crippen molar-refractivity contribution >= 4 is 17.6 Å². The Kier molecular flexibility index (Phi) is 2.91. The molecule has 0 aromatic carbocycles. The first kappa shape index (κ1) is 10.4. The predicted octanol–water partition coefficient (Wildman–Crippen LogP) is 2.40. The molecule has 0 aliphatic heterocycles. The number of aromatic nitrogens is 1. The molecule has 3 nitrogen and oxygen atoms in total. The fraction of sp³-hybridized carbons (Fsp3) is 0.455. The van der Waals surface area contributed by atoms with Gasteiger partial charge in [0.1, 0.15) is 5.15 Å². The molecule has 2 rings (SSSR count). The highest BCUT2D eigenvalue weighted by Gasteiger charge is 2.45. The third-order valence-electron chi connectivity index (χ3n) is 2.56. The van der Waals surface area contributed by atoms with Crippen molar-refractivity contribution < 1.29 is 9.53 Å². The van der Waals surface area contributed by atoms with Gasteiger partial charge in [0.15, 0.2) is 0 Å². The number of carbonyl (C=O) groups excluding carboxylic acids is 1. The van der Waals surface area contributed by atoms with Crippen LogP contribution in [0.2, 0.25) is 5.15 Å². The normalized spacial score (nSPS) is 23.6. The number of hydrogen-bond acceptors (Lipinski definition) is 3. The monoisotopic (exact) mass is 225 g/mol. The number of halogens is 1. The maximum Gasteiger partial charge on any atom is 0.309 e. The minimum Gasteiger partial charge on any atom is -0.466 e. The molecule has 0 spiro atoms. The molecule has 0 amide bonds. The maximum atomic E-state index is 11.4. The molecule has 0 N–H and O–H groups in total. The zero-order chi connectivity index (χ0) is 10.8. The molecule has 1 heterocycles. The average Bonchev–Trinajstić information content (AvgIpc) is 2.99. The molecule has 0 unspecified atom stereocenters. The summed E-state index contributed by atoms with van der Waals surface area (Å²) < 4.78 is 4.96. The van der Waals surface area contributed by atoms with Crippen molar-refractivity contribution in [2.45, 2.75) is 19.3 Å². The van der Waals surface area contributed by atoms with Gasteiger partial charge in [-0.05, 0) is 30.9 Å². The van der Waals surface area contributed by atoms with Crippen LogP contribution in [-0.4, -0.2) is 17.6 Å². The van der Waals surface area contributed by atoms with E-state index in [0.29, 0.717) is 11.8 Å². The second kappa shape index (κ2) is 4.19. The maximum absolute atomic E-state index is 11.4. The van der Waals surface area contributed by atoms with Gasteiger partial charge in [-0.3, -0.25) is 4.79 Å². The Hall–Kier alpha value is -1.09. The predicted molar refractivity (Wildman–Crippen MR) is 56.7 cm³/mol. The Bertz CT molecular complexity index is 363. The van der Waals surface area contributed by atoms with Crippen molar-refractivity contribution in [2.24, 2.45) is 5.92 Å². The Labute approximate surface area is 93.4 Å². The molecule has 1 fully saturated rings. The van der Waals surface area contributed by atoms with Gasteiger partial charge in [0.2, 0.25) is 0 Å². The van der Waals surface area contributed by atoms with Crippen LogP contribution >= 0.6 is 11.6 Å². The number of ether oxygens (including phenoxy) is 1. The molecule has 1 aromatic rings. The van der Waals surface area contributed by atoms with Crippen molar-refractivity contribution in [1.29, 1.82) is 0 Å². The number of esters is 1. The smallest absolute Gasteiger partial charge is 0.309 e. The number of pyridine rings is 1. The van der Waals surface area contributed by atoms with E-state index >= 15 is 0 Å². The van der Waals surface area contributed by atoms with E-state index in [1.54, 1.807) is 12.3 Å². The van der Waals surface area contributed by atoms with E-state index < -0.39 is 0 Å². The Balaban J connectivity index is 1.98. The van der Waals surface area contributed by atoms with Gasteiger partial charge in [0.05, 0.1) is 12.5 Å². The highest BCUT2D eigenvalue weighted by Crippen LogP contribution is 2.47. The lowest BCUT2D eigenvalue weighted by molar-refractivity contribution is -0.144. The second-order valence-corrected chi connectivity index (χ2v) is 4.00. The summed E-state index contributed by atoms with van der Waals surface area (Å²) in [4.78, 5) is 15.4. The Morgan fingerprint density at radius 2 is 2.47 bits per heavy atom. The molecule has 1 aliphatic carbocycles. The lowest BCUT2D eigenvalue weighted by Gasteiger charge is -2.00. The molecule has 4 heteroatoms. The van der Waals surface area contributed by atoms with E-state index in [1.807, 2.05) is 13.0 Å². The first-order valence-electron chi connectivity index (χ1n) is 5.00.